The fourth-order valence-electron chi connectivity index (χ4n) is 1.36. The Labute approximate surface area is 89.7 Å². The molecule has 0 saturated carbocycles. The van der Waals surface area contributed by atoms with Crippen molar-refractivity contribution in [2.45, 2.75) is 19.8 Å². The second kappa shape index (κ2) is 5.46. The number of carbonyl (C=O) groups excluding carboxylic acids is 1. The molecule has 4 N–H and O–H groups in total. The van der Waals surface area contributed by atoms with Crippen molar-refractivity contribution in [2.75, 3.05) is 12.3 Å². The van der Waals surface area contributed by atoms with E-state index in [2.05, 4.69) is 4.98 Å². The fraction of sp³-hybridized carbons (Fsp3) is 0.455. The lowest BCUT2D eigenvalue weighted by Crippen LogP contribution is -2.18. The van der Waals surface area contributed by atoms with Gasteiger partial charge in [0.1, 0.15) is 5.78 Å². The van der Waals surface area contributed by atoms with Crippen LogP contribution in [0.25, 0.3) is 0 Å². The number of pyridine rings is 1. The highest BCUT2D eigenvalue weighted by Crippen LogP contribution is 2.13. The van der Waals surface area contributed by atoms with Crippen molar-refractivity contribution in [3.63, 3.8) is 0 Å². The molecule has 4 nitrogen and oxygen atoms in total. The van der Waals surface area contributed by atoms with Gasteiger partial charge < -0.3 is 11.5 Å². The fourth-order valence-corrected chi connectivity index (χ4v) is 1.36. The smallest absolute Gasteiger partial charge is 0.140 e. The first-order chi connectivity index (χ1) is 7.15. The average Bonchev–Trinajstić information content (AvgIpc) is 2.21. The number of aromatic nitrogens is 1. The molecule has 1 heterocycles. The summed E-state index contributed by atoms with van der Waals surface area (Å²) >= 11 is 0. The van der Waals surface area contributed by atoms with E-state index in [-0.39, 0.29) is 11.7 Å². The Kier molecular flexibility index (Phi) is 4.24. The molecule has 0 aliphatic carbocycles. The van der Waals surface area contributed by atoms with Crippen molar-refractivity contribution in [3.05, 3.63) is 24.0 Å². The van der Waals surface area contributed by atoms with Gasteiger partial charge in [-0.3, -0.25) is 9.78 Å². The van der Waals surface area contributed by atoms with Crippen LogP contribution in [0.1, 0.15) is 18.9 Å². The summed E-state index contributed by atoms with van der Waals surface area (Å²) in [5, 5.41) is 0. The normalized spacial score (nSPS) is 12.4. The highest BCUT2D eigenvalue weighted by Gasteiger charge is 2.13. The van der Waals surface area contributed by atoms with Crippen molar-refractivity contribution in [1.82, 2.24) is 4.98 Å². The Balaban J connectivity index is 2.62. The lowest BCUT2D eigenvalue weighted by Gasteiger charge is -2.09. The van der Waals surface area contributed by atoms with Crippen LogP contribution in [0, 0.1) is 5.92 Å². The predicted molar refractivity (Wildman–Crippen MR) is 60.2 cm³/mol. The van der Waals surface area contributed by atoms with Gasteiger partial charge in [-0.1, -0.05) is 6.92 Å². The van der Waals surface area contributed by atoms with E-state index >= 15 is 0 Å². The summed E-state index contributed by atoms with van der Waals surface area (Å²) in [7, 11) is 0. The first-order valence-electron chi connectivity index (χ1n) is 5.06. The second-order valence-corrected chi connectivity index (χ2v) is 3.70. The van der Waals surface area contributed by atoms with Crippen LogP contribution in [-0.2, 0) is 11.2 Å². The zero-order valence-corrected chi connectivity index (χ0v) is 8.94. The summed E-state index contributed by atoms with van der Waals surface area (Å²) in [6, 6.07) is 1.70. The van der Waals surface area contributed by atoms with Crippen LogP contribution in [0.5, 0.6) is 0 Å². The van der Waals surface area contributed by atoms with Gasteiger partial charge in [0.15, 0.2) is 0 Å². The number of nitrogens with two attached hydrogens (primary N) is 2. The van der Waals surface area contributed by atoms with Gasteiger partial charge in [0.05, 0.1) is 0 Å². The van der Waals surface area contributed by atoms with Crippen molar-refractivity contribution in [2.24, 2.45) is 11.7 Å². The van der Waals surface area contributed by atoms with Crippen molar-refractivity contribution >= 4 is 11.5 Å². The molecular weight excluding hydrogens is 190 g/mol. The molecule has 15 heavy (non-hydrogen) atoms. The third-order valence-electron chi connectivity index (χ3n) is 2.46. The van der Waals surface area contributed by atoms with Crippen molar-refractivity contribution in [1.29, 1.82) is 0 Å². The summed E-state index contributed by atoms with van der Waals surface area (Å²) in [6.45, 7) is 2.43. The maximum atomic E-state index is 11.7. The van der Waals surface area contributed by atoms with Crippen LogP contribution in [0.3, 0.4) is 0 Å². The highest BCUT2D eigenvalue weighted by atomic mass is 16.1. The molecule has 1 aromatic heterocycles. The molecular formula is C11H17N3O. The minimum Gasteiger partial charge on any atom is -0.398 e. The molecule has 1 aromatic rings. The van der Waals surface area contributed by atoms with Gasteiger partial charge in [-0.15, -0.1) is 0 Å². The molecule has 0 saturated heterocycles. The number of nitrogen functional groups attached to an aromatic ring is 1. The van der Waals surface area contributed by atoms with Gasteiger partial charge in [-0.25, -0.2) is 0 Å². The van der Waals surface area contributed by atoms with Crippen LogP contribution in [0.15, 0.2) is 18.5 Å². The largest absolute Gasteiger partial charge is 0.398 e. The van der Waals surface area contributed by atoms with E-state index in [0.717, 1.165) is 12.0 Å². The molecule has 0 aliphatic rings. The quantitative estimate of drug-likeness (QED) is 0.746. The average molecular weight is 207 g/mol. The zero-order chi connectivity index (χ0) is 11.3. The van der Waals surface area contributed by atoms with Gasteiger partial charge in [0, 0.05) is 36.0 Å². The summed E-state index contributed by atoms with van der Waals surface area (Å²) in [5.41, 5.74) is 12.5. The summed E-state index contributed by atoms with van der Waals surface area (Å²) in [5.74, 6) is 0.162. The second-order valence-electron chi connectivity index (χ2n) is 3.70. The summed E-state index contributed by atoms with van der Waals surface area (Å²) < 4.78 is 0. The number of carbonyl (C=O) groups is 1. The molecule has 0 radical (unpaired) electrons. The van der Waals surface area contributed by atoms with E-state index in [1.54, 1.807) is 18.5 Å². The monoisotopic (exact) mass is 207 g/mol. The van der Waals surface area contributed by atoms with Gasteiger partial charge in [-0.05, 0) is 19.0 Å². The van der Waals surface area contributed by atoms with Gasteiger partial charge >= 0.3 is 0 Å². The molecule has 1 unspecified atom stereocenters. The van der Waals surface area contributed by atoms with E-state index in [1.807, 2.05) is 6.92 Å². The molecule has 0 bridgehead atoms. The Morgan fingerprint density at radius 3 is 2.93 bits per heavy atom. The van der Waals surface area contributed by atoms with E-state index < -0.39 is 0 Å². The molecule has 0 spiro atoms. The topological polar surface area (TPSA) is 82.0 Å². The summed E-state index contributed by atoms with van der Waals surface area (Å²) in [6.07, 6.45) is 4.33. The Morgan fingerprint density at radius 2 is 2.33 bits per heavy atom. The van der Waals surface area contributed by atoms with Crippen LogP contribution in [-0.4, -0.2) is 17.3 Å². The maximum Gasteiger partial charge on any atom is 0.140 e. The number of ketones is 1. The van der Waals surface area contributed by atoms with Gasteiger partial charge in [0.2, 0.25) is 0 Å². The third kappa shape index (κ3) is 3.32. The van der Waals surface area contributed by atoms with Crippen molar-refractivity contribution < 1.29 is 4.79 Å². The van der Waals surface area contributed by atoms with Gasteiger partial charge in [0.25, 0.3) is 0 Å². The number of nitrogens with zero attached hydrogens (tertiary/aromatic N) is 1. The molecule has 0 amide bonds. The number of Topliss-reactive ketones (excluding diaryl/α,β-unsaturated/α-hetero) is 1. The van der Waals surface area contributed by atoms with Crippen LogP contribution >= 0.6 is 0 Å². The van der Waals surface area contributed by atoms with Crippen LogP contribution < -0.4 is 11.5 Å². The number of rotatable bonds is 5. The first kappa shape index (κ1) is 11.7. The molecule has 4 heteroatoms. The number of anilines is 1. The maximum absolute atomic E-state index is 11.7. The Morgan fingerprint density at radius 1 is 1.60 bits per heavy atom. The summed E-state index contributed by atoms with van der Waals surface area (Å²) in [4.78, 5) is 15.7. The predicted octanol–water partition coefficient (Wildman–Crippen LogP) is 0.760. The Hall–Kier alpha value is -1.42. The molecule has 82 valence electrons. The lowest BCUT2D eigenvalue weighted by molar-refractivity contribution is -0.121. The van der Waals surface area contributed by atoms with Crippen LogP contribution in [0.2, 0.25) is 0 Å². The minimum absolute atomic E-state index is 0.00499. The zero-order valence-electron chi connectivity index (χ0n) is 8.94. The van der Waals surface area contributed by atoms with E-state index in [1.165, 1.54) is 0 Å². The van der Waals surface area contributed by atoms with Crippen molar-refractivity contribution in [3.8, 4) is 0 Å². The number of hydrogen-bond acceptors (Lipinski definition) is 4. The first-order valence-corrected chi connectivity index (χ1v) is 5.06. The molecule has 0 aromatic carbocycles. The molecule has 0 aliphatic heterocycles. The molecule has 0 fully saturated rings. The lowest BCUT2D eigenvalue weighted by atomic mass is 9.97. The molecule has 1 rings (SSSR count). The Bertz CT molecular complexity index is 338. The van der Waals surface area contributed by atoms with Gasteiger partial charge in [-0.2, -0.15) is 0 Å². The standard InChI is InChI=1S/C11H17N3O/c1-8(2-4-12)11(15)6-9-7-14-5-3-10(9)13/h3,5,7-8H,2,4,6,12H2,1H3,(H2,13,14). The third-order valence-corrected chi connectivity index (χ3v) is 2.46. The van der Waals surface area contributed by atoms with E-state index in [9.17, 15) is 4.79 Å². The van der Waals surface area contributed by atoms with E-state index in [4.69, 9.17) is 11.5 Å². The molecule has 1 atom stereocenters. The minimum atomic E-state index is -0.00499. The van der Waals surface area contributed by atoms with Crippen LogP contribution in [0.4, 0.5) is 5.69 Å². The highest BCUT2D eigenvalue weighted by molar-refractivity contribution is 5.84. The SMILES string of the molecule is CC(CCN)C(=O)Cc1cnccc1N. The number of hydrogen-bond donors (Lipinski definition) is 2. The van der Waals surface area contributed by atoms with E-state index in [0.29, 0.717) is 18.7 Å².